The number of pyridine rings is 1. The lowest BCUT2D eigenvalue weighted by Gasteiger charge is -2.17. The Bertz CT molecular complexity index is 1270. The maximum atomic E-state index is 12.8. The molecule has 31 heavy (non-hydrogen) atoms. The number of amides is 1. The van der Waals surface area contributed by atoms with Crippen molar-refractivity contribution >= 4 is 29.0 Å². The number of ether oxygens (including phenoxy) is 1. The van der Waals surface area contributed by atoms with Gasteiger partial charge in [-0.1, -0.05) is 41.9 Å². The molecule has 1 amide bonds. The fourth-order valence-corrected chi connectivity index (χ4v) is 3.66. The minimum absolute atomic E-state index is 0.264. The van der Waals surface area contributed by atoms with Crippen molar-refractivity contribution in [1.82, 2.24) is 24.9 Å². The molecule has 4 aromatic rings. The van der Waals surface area contributed by atoms with E-state index in [1.165, 1.54) is 6.20 Å². The van der Waals surface area contributed by atoms with E-state index in [4.69, 9.17) is 21.3 Å². The van der Waals surface area contributed by atoms with Gasteiger partial charge in [0.05, 0.1) is 17.8 Å². The van der Waals surface area contributed by atoms with Gasteiger partial charge in [-0.2, -0.15) is 5.10 Å². The molecule has 2 bridgehead atoms. The van der Waals surface area contributed by atoms with E-state index >= 15 is 0 Å². The number of anilines is 1. The predicted octanol–water partition coefficient (Wildman–Crippen LogP) is 3.57. The first-order valence-electron chi connectivity index (χ1n) is 9.85. The maximum Gasteiger partial charge on any atom is 0.256 e. The summed E-state index contributed by atoms with van der Waals surface area (Å²) in [6.07, 6.45) is 4.64. The Balaban J connectivity index is 1.67. The molecule has 156 valence electrons. The minimum atomic E-state index is -0.292. The molecule has 0 aliphatic carbocycles. The van der Waals surface area contributed by atoms with Crippen LogP contribution in [0.2, 0.25) is 5.02 Å². The van der Waals surface area contributed by atoms with Crippen LogP contribution in [0.4, 0.5) is 5.82 Å². The van der Waals surface area contributed by atoms with Crippen LogP contribution in [-0.2, 0) is 6.54 Å². The molecule has 0 spiro atoms. The SMILES string of the molecule is C[C@H]1CNC(=O)c2cnn3cc(-c4ccccc4)c(nc23)NCc2cc(Cl)cnc2O1. The zero-order chi connectivity index (χ0) is 21.4. The number of benzene rings is 1. The van der Waals surface area contributed by atoms with Crippen LogP contribution in [0.15, 0.2) is 55.0 Å². The predicted molar refractivity (Wildman–Crippen MR) is 117 cm³/mol. The van der Waals surface area contributed by atoms with Crippen LogP contribution in [0.5, 0.6) is 5.88 Å². The molecule has 0 unspecified atom stereocenters. The van der Waals surface area contributed by atoms with Crippen molar-refractivity contribution in [3.05, 3.63) is 71.1 Å². The average molecular weight is 435 g/mol. The van der Waals surface area contributed by atoms with Gasteiger partial charge < -0.3 is 15.4 Å². The molecular weight excluding hydrogens is 416 g/mol. The van der Waals surface area contributed by atoms with Crippen molar-refractivity contribution in [2.75, 3.05) is 11.9 Å². The lowest BCUT2D eigenvalue weighted by molar-refractivity contribution is 0.0932. The fraction of sp³-hybridized carbons (Fsp3) is 0.182. The van der Waals surface area contributed by atoms with E-state index < -0.39 is 0 Å². The number of fused-ring (bicyclic) bond motifs is 2. The Kier molecular flexibility index (Phi) is 4.91. The van der Waals surface area contributed by atoms with Crippen molar-refractivity contribution in [1.29, 1.82) is 0 Å². The van der Waals surface area contributed by atoms with Gasteiger partial charge >= 0.3 is 0 Å². The average Bonchev–Trinajstić information content (AvgIpc) is 3.20. The molecule has 1 aromatic carbocycles. The first-order chi connectivity index (χ1) is 15.1. The highest BCUT2D eigenvalue weighted by Gasteiger charge is 2.20. The number of aromatic nitrogens is 4. The summed E-state index contributed by atoms with van der Waals surface area (Å²) in [5.41, 5.74) is 3.48. The van der Waals surface area contributed by atoms with Gasteiger partial charge in [-0.05, 0) is 18.6 Å². The van der Waals surface area contributed by atoms with E-state index in [9.17, 15) is 4.79 Å². The Morgan fingerprint density at radius 1 is 1.16 bits per heavy atom. The molecule has 0 saturated carbocycles. The highest BCUT2D eigenvalue weighted by atomic mass is 35.5. The molecule has 0 radical (unpaired) electrons. The number of carbonyl (C=O) groups excluding carboxylic acids is 1. The van der Waals surface area contributed by atoms with Crippen molar-refractivity contribution in [2.45, 2.75) is 19.6 Å². The van der Waals surface area contributed by atoms with Gasteiger partial charge in [-0.25, -0.2) is 14.5 Å². The molecular formula is C22H19ClN6O2. The smallest absolute Gasteiger partial charge is 0.256 e. The van der Waals surface area contributed by atoms with Crippen LogP contribution in [0.1, 0.15) is 22.8 Å². The molecule has 8 nitrogen and oxygen atoms in total. The maximum absolute atomic E-state index is 12.8. The van der Waals surface area contributed by atoms with Gasteiger partial charge in [0.2, 0.25) is 5.88 Å². The fourth-order valence-electron chi connectivity index (χ4n) is 3.48. The molecule has 5 rings (SSSR count). The Morgan fingerprint density at radius 3 is 2.84 bits per heavy atom. The standard InChI is InChI=1S/C22H19ClN6O2/c1-13-8-25-21(30)17-11-27-29-12-18(14-5-3-2-4-6-14)19(28-20(17)29)24-9-15-7-16(23)10-26-22(15)31-13/h2-7,10-13H,8-9H2,1H3,(H,24,28)(H,25,30)/t13-/m0/s1. The summed E-state index contributed by atoms with van der Waals surface area (Å²) in [4.78, 5) is 21.9. The van der Waals surface area contributed by atoms with Gasteiger partial charge in [0.25, 0.3) is 5.91 Å². The topological polar surface area (TPSA) is 93.4 Å². The summed E-state index contributed by atoms with van der Waals surface area (Å²) in [6, 6.07) is 11.7. The summed E-state index contributed by atoms with van der Waals surface area (Å²) < 4.78 is 7.60. The van der Waals surface area contributed by atoms with Gasteiger partial charge in [0, 0.05) is 30.1 Å². The second-order valence-corrected chi connectivity index (χ2v) is 7.74. The molecule has 2 N–H and O–H groups in total. The molecule has 1 atom stereocenters. The van der Waals surface area contributed by atoms with E-state index in [0.717, 1.165) is 16.7 Å². The van der Waals surface area contributed by atoms with Crippen LogP contribution in [0.3, 0.4) is 0 Å². The summed E-state index contributed by atoms with van der Waals surface area (Å²) >= 11 is 6.18. The molecule has 4 heterocycles. The normalized spacial score (nSPS) is 16.3. The molecule has 9 heteroatoms. The summed E-state index contributed by atoms with van der Waals surface area (Å²) in [6.45, 7) is 2.57. The number of carbonyl (C=O) groups is 1. The van der Waals surface area contributed by atoms with Gasteiger partial charge in [0.1, 0.15) is 17.5 Å². The van der Waals surface area contributed by atoms with Crippen molar-refractivity contribution < 1.29 is 9.53 Å². The van der Waals surface area contributed by atoms with E-state index in [2.05, 4.69) is 20.7 Å². The van der Waals surface area contributed by atoms with E-state index in [0.29, 0.717) is 41.0 Å². The van der Waals surface area contributed by atoms with Gasteiger partial charge in [-0.3, -0.25) is 4.79 Å². The number of hydrogen-bond donors (Lipinski definition) is 2. The Labute approximate surface area is 183 Å². The lowest BCUT2D eigenvalue weighted by atomic mass is 10.1. The third-order valence-electron chi connectivity index (χ3n) is 5.02. The molecule has 1 aliphatic heterocycles. The second-order valence-electron chi connectivity index (χ2n) is 7.31. The first kappa shape index (κ1) is 19.3. The minimum Gasteiger partial charge on any atom is -0.473 e. The van der Waals surface area contributed by atoms with Crippen molar-refractivity contribution in [3.8, 4) is 17.0 Å². The zero-order valence-corrected chi connectivity index (χ0v) is 17.4. The molecule has 3 aromatic heterocycles. The third-order valence-corrected chi connectivity index (χ3v) is 5.23. The van der Waals surface area contributed by atoms with Crippen LogP contribution in [0.25, 0.3) is 16.8 Å². The third kappa shape index (κ3) is 3.77. The quantitative estimate of drug-likeness (QED) is 0.475. The Morgan fingerprint density at radius 2 is 2.00 bits per heavy atom. The summed E-state index contributed by atoms with van der Waals surface area (Å²) in [5.74, 6) is 0.814. The summed E-state index contributed by atoms with van der Waals surface area (Å²) in [5, 5.41) is 11.1. The summed E-state index contributed by atoms with van der Waals surface area (Å²) in [7, 11) is 0. The van der Waals surface area contributed by atoms with Gasteiger partial charge in [-0.15, -0.1) is 0 Å². The molecule has 1 aliphatic rings. The Hall–Kier alpha value is -3.65. The highest BCUT2D eigenvalue weighted by Crippen LogP contribution is 2.29. The number of nitrogens with zero attached hydrogens (tertiary/aromatic N) is 4. The van der Waals surface area contributed by atoms with Crippen molar-refractivity contribution in [2.24, 2.45) is 0 Å². The van der Waals surface area contributed by atoms with Crippen LogP contribution < -0.4 is 15.4 Å². The van der Waals surface area contributed by atoms with Crippen LogP contribution in [-0.4, -0.2) is 38.1 Å². The van der Waals surface area contributed by atoms with E-state index in [-0.39, 0.29) is 12.0 Å². The number of nitrogens with one attached hydrogen (secondary N) is 2. The van der Waals surface area contributed by atoms with Crippen LogP contribution in [0, 0.1) is 0 Å². The van der Waals surface area contributed by atoms with E-state index in [1.54, 1.807) is 10.7 Å². The molecule has 0 saturated heterocycles. The first-order valence-corrected chi connectivity index (χ1v) is 10.2. The zero-order valence-electron chi connectivity index (χ0n) is 16.7. The number of hydrogen-bond acceptors (Lipinski definition) is 6. The highest BCUT2D eigenvalue weighted by molar-refractivity contribution is 6.30. The number of rotatable bonds is 1. The lowest BCUT2D eigenvalue weighted by Crippen LogP contribution is -2.33. The van der Waals surface area contributed by atoms with E-state index in [1.807, 2.05) is 49.5 Å². The number of halogens is 1. The van der Waals surface area contributed by atoms with Crippen molar-refractivity contribution in [3.63, 3.8) is 0 Å². The van der Waals surface area contributed by atoms with Crippen LogP contribution >= 0.6 is 11.6 Å². The van der Waals surface area contributed by atoms with Gasteiger partial charge in [0.15, 0.2) is 5.65 Å². The molecule has 0 fully saturated rings. The largest absolute Gasteiger partial charge is 0.473 e. The monoisotopic (exact) mass is 434 g/mol. The second kappa shape index (κ2) is 7.88.